The summed E-state index contributed by atoms with van der Waals surface area (Å²) in [4.78, 5) is 0. The molecule has 0 spiro atoms. The Labute approximate surface area is 256 Å². The summed E-state index contributed by atoms with van der Waals surface area (Å²) < 4.78 is 6.02. The Bertz CT molecular complexity index is 2080. The molecule has 208 valence electrons. The van der Waals surface area contributed by atoms with E-state index in [2.05, 4.69) is 140 Å². The number of methoxy groups -OCH3 is 1. The SMILES string of the molecule is COc1ccc2ccccc2c1[Si@@H](C)c1ccccc1P1Cc2ccc3ccccc3c2-c2c(ccc3ccccc23)C1. The number of hydrogen-bond acceptors (Lipinski definition) is 1. The largest absolute Gasteiger partial charge is 0.497 e. The van der Waals surface area contributed by atoms with Crippen LogP contribution in [-0.2, 0) is 12.3 Å². The number of hydrogen-bond donors (Lipinski definition) is 0. The quantitative estimate of drug-likeness (QED) is 0.148. The maximum absolute atomic E-state index is 6.02. The van der Waals surface area contributed by atoms with Gasteiger partial charge in [-0.1, -0.05) is 147 Å². The van der Waals surface area contributed by atoms with E-state index in [4.69, 9.17) is 4.74 Å². The van der Waals surface area contributed by atoms with Gasteiger partial charge in [-0.3, -0.25) is 0 Å². The van der Waals surface area contributed by atoms with E-state index in [1.54, 1.807) is 10.5 Å². The second-order valence-electron chi connectivity index (χ2n) is 11.7. The van der Waals surface area contributed by atoms with Gasteiger partial charge in [-0.05, 0) is 83.5 Å². The molecule has 0 unspecified atom stereocenters. The molecule has 0 bridgehead atoms. The van der Waals surface area contributed by atoms with Crippen LogP contribution in [0.4, 0.5) is 0 Å². The molecule has 0 amide bonds. The molecule has 7 aromatic rings. The third-order valence-corrected chi connectivity index (χ3v) is 15.0. The van der Waals surface area contributed by atoms with Crippen LogP contribution >= 0.6 is 7.92 Å². The Hall–Kier alpha value is -4.23. The van der Waals surface area contributed by atoms with Crippen molar-refractivity contribution < 1.29 is 4.74 Å². The first kappa shape index (κ1) is 26.4. The smallest absolute Gasteiger partial charge is 0.118 e. The van der Waals surface area contributed by atoms with Crippen LogP contribution in [0.3, 0.4) is 0 Å². The van der Waals surface area contributed by atoms with Crippen molar-refractivity contribution in [3.05, 3.63) is 145 Å². The molecule has 1 nitrogen and oxygen atoms in total. The van der Waals surface area contributed by atoms with Gasteiger partial charge in [0.2, 0.25) is 0 Å². The second kappa shape index (κ2) is 10.8. The first-order valence-electron chi connectivity index (χ1n) is 15.1. The fraction of sp³-hybridized carbons (Fsp3) is 0.100. The predicted octanol–water partition coefficient (Wildman–Crippen LogP) is 8.61. The molecule has 0 saturated carbocycles. The van der Waals surface area contributed by atoms with Crippen molar-refractivity contribution in [3.63, 3.8) is 0 Å². The number of fused-ring (bicyclic) bond motifs is 8. The monoisotopic (exact) mass is 588 g/mol. The van der Waals surface area contributed by atoms with Crippen LogP contribution in [0, 0.1) is 0 Å². The topological polar surface area (TPSA) is 9.23 Å². The van der Waals surface area contributed by atoms with Gasteiger partial charge in [0.15, 0.2) is 0 Å². The molecule has 0 N–H and O–H groups in total. The molecule has 8 rings (SSSR count). The zero-order valence-corrected chi connectivity index (χ0v) is 26.6. The first-order chi connectivity index (χ1) is 21.2. The van der Waals surface area contributed by atoms with E-state index >= 15 is 0 Å². The summed E-state index contributed by atoms with van der Waals surface area (Å²) in [5, 5.41) is 12.5. The molecule has 1 aliphatic rings. The highest BCUT2D eigenvalue weighted by Crippen LogP contribution is 2.52. The molecule has 1 atom stereocenters. The average molecular weight is 589 g/mol. The Balaban J connectivity index is 1.34. The summed E-state index contributed by atoms with van der Waals surface area (Å²) in [7, 11) is -0.279. The van der Waals surface area contributed by atoms with Crippen LogP contribution in [0.15, 0.2) is 133 Å². The first-order valence-corrected chi connectivity index (χ1v) is 19.1. The second-order valence-corrected chi connectivity index (χ2v) is 16.5. The maximum atomic E-state index is 6.02. The Morgan fingerprint density at radius 3 is 1.63 bits per heavy atom. The van der Waals surface area contributed by atoms with Gasteiger partial charge in [0.05, 0.1) is 7.11 Å². The van der Waals surface area contributed by atoms with Crippen LogP contribution in [0.1, 0.15) is 11.1 Å². The Kier molecular flexibility index (Phi) is 6.63. The molecule has 0 saturated heterocycles. The van der Waals surface area contributed by atoms with Gasteiger partial charge in [-0.2, -0.15) is 0 Å². The van der Waals surface area contributed by atoms with Crippen molar-refractivity contribution in [2.45, 2.75) is 18.9 Å². The fourth-order valence-electron chi connectivity index (χ4n) is 7.32. The van der Waals surface area contributed by atoms with Crippen LogP contribution in [0.5, 0.6) is 5.75 Å². The molecular formula is C40H33OPSi. The minimum absolute atomic E-state index is 0.484. The molecule has 43 heavy (non-hydrogen) atoms. The minimum Gasteiger partial charge on any atom is -0.497 e. The van der Waals surface area contributed by atoms with Gasteiger partial charge in [0, 0.05) is 0 Å². The van der Waals surface area contributed by atoms with Crippen molar-refractivity contribution in [1.82, 2.24) is 0 Å². The van der Waals surface area contributed by atoms with E-state index < -0.39 is 16.7 Å². The normalized spacial score (nSPS) is 13.9. The highest BCUT2D eigenvalue weighted by atomic mass is 31.1. The van der Waals surface area contributed by atoms with Gasteiger partial charge in [-0.25, -0.2) is 0 Å². The molecule has 0 aromatic heterocycles. The maximum Gasteiger partial charge on any atom is 0.118 e. The Morgan fingerprint density at radius 2 is 1.02 bits per heavy atom. The number of rotatable bonds is 4. The van der Waals surface area contributed by atoms with Crippen LogP contribution in [0.25, 0.3) is 43.4 Å². The van der Waals surface area contributed by atoms with Crippen molar-refractivity contribution >= 4 is 64.7 Å². The van der Waals surface area contributed by atoms with Gasteiger partial charge < -0.3 is 4.74 Å². The third-order valence-electron chi connectivity index (χ3n) is 9.33. The van der Waals surface area contributed by atoms with E-state index in [0.717, 1.165) is 18.1 Å². The van der Waals surface area contributed by atoms with E-state index in [1.165, 1.54) is 59.8 Å². The van der Waals surface area contributed by atoms with Crippen molar-refractivity contribution in [2.24, 2.45) is 0 Å². The highest BCUT2D eigenvalue weighted by Gasteiger charge is 2.29. The molecule has 0 fully saturated rings. The predicted molar refractivity (Wildman–Crippen MR) is 190 cm³/mol. The van der Waals surface area contributed by atoms with Gasteiger partial charge in [0.25, 0.3) is 0 Å². The van der Waals surface area contributed by atoms with E-state index in [0.29, 0.717) is 0 Å². The molecule has 0 radical (unpaired) electrons. The summed E-state index contributed by atoms with van der Waals surface area (Å²) in [6.45, 7) is 2.50. The number of benzene rings is 7. The summed E-state index contributed by atoms with van der Waals surface area (Å²) in [6.07, 6.45) is 2.17. The van der Waals surface area contributed by atoms with Gasteiger partial charge in [-0.15, -0.1) is 0 Å². The standard InChI is InChI=1S/C40H33OPSi/c1-41-35-24-23-29-13-5-8-16-34(29)40(35)43(2)37-18-10-9-17-36(37)42-25-30-21-19-27-11-3-6-14-32(27)38(30)39-31(26-42)22-20-28-12-4-7-15-33(28)39/h3-24,43H,25-26H2,1-2H3/t43-/m0/s1. The lowest BCUT2D eigenvalue weighted by Crippen LogP contribution is -2.47. The van der Waals surface area contributed by atoms with Crippen molar-refractivity contribution in [3.8, 4) is 16.9 Å². The van der Waals surface area contributed by atoms with E-state index in [9.17, 15) is 0 Å². The average Bonchev–Trinajstić information content (AvgIpc) is 3.25. The van der Waals surface area contributed by atoms with Crippen LogP contribution < -0.4 is 20.4 Å². The minimum atomic E-state index is -1.61. The van der Waals surface area contributed by atoms with Crippen LogP contribution in [0.2, 0.25) is 6.55 Å². The fourth-order valence-corrected chi connectivity index (χ4v) is 13.6. The lowest BCUT2D eigenvalue weighted by atomic mass is 9.88. The van der Waals surface area contributed by atoms with Crippen molar-refractivity contribution in [2.75, 3.05) is 7.11 Å². The third kappa shape index (κ3) is 4.40. The van der Waals surface area contributed by atoms with Crippen molar-refractivity contribution in [1.29, 1.82) is 0 Å². The molecule has 0 aliphatic carbocycles. The lowest BCUT2D eigenvalue weighted by Gasteiger charge is -2.25. The molecule has 1 heterocycles. The molecule has 3 heteroatoms. The van der Waals surface area contributed by atoms with E-state index in [1.807, 2.05) is 7.11 Å². The Morgan fingerprint density at radius 1 is 0.535 bits per heavy atom. The summed E-state index contributed by atoms with van der Waals surface area (Å²) in [6, 6.07) is 49.9. The molecular weight excluding hydrogens is 555 g/mol. The zero-order valence-electron chi connectivity index (χ0n) is 24.5. The molecule has 7 aromatic carbocycles. The summed E-state index contributed by atoms with van der Waals surface area (Å²) in [5.74, 6) is 1.02. The lowest BCUT2D eigenvalue weighted by molar-refractivity contribution is 0.418. The van der Waals surface area contributed by atoms with Gasteiger partial charge in [0.1, 0.15) is 14.5 Å². The zero-order chi connectivity index (χ0) is 28.9. The number of ether oxygens (including phenoxy) is 1. The van der Waals surface area contributed by atoms with E-state index in [-0.39, 0.29) is 0 Å². The highest BCUT2D eigenvalue weighted by molar-refractivity contribution is 7.64. The summed E-state index contributed by atoms with van der Waals surface area (Å²) in [5.41, 5.74) is 5.83. The molecule has 1 aliphatic heterocycles. The summed E-state index contributed by atoms with van der Waals surface area (Å²) >= 11 is 0. The van der Waals surface area contributed by atoms with Gasteiger partial charge >= 0.3 is 0 Å². The van der Waals surface area contributed by atoms with Crippen LogP contribution in [-0.4, -0.2) is 15.9 Å².